The summed E-state index contributed by atoms with van der Waals surface area (Å²) >= 11 is 0. The number of hydrogen-bond donors (Lipinski definition) is 0. The van der Waals surface area contributed by atoms with E-state index in [1.54, 1.807) is 0 Å². The standard InChI is InChI=1S/C31H39N5O2/c1-4-5-22(2)34(3)17-26-14-24(6-7-25(26)19-37)30-15-27(18-35-11-8-23(16-32)9-12-35)29-10-13-36(31(29)33-30)28-20-38-21-28/h6-7,10,13-15,19,22-23,28H,4-5,8-9,11-12,17-18,20-21H2,1-3H3. The Morgan fingerprint density at radius 1 is 1.21 bits per heavy atom. The first-order chi connectivity index (χ1) is 18.5. The molecule has 38 heavy (non-hydrogen) atoms. The van der Waals surface area contributed by atoms with Gasteiger partial charge in [0.2, 0.25) is 0 Å². The maximum absolute atomic E-state index is 11.9. The maximum Gasteiger partial charge on any atom is 0.150 e. The summed E-state index contributed by atoms with van der Waals surface area (Å²) in [4.78, 5) is 21.9. The molecule has 0 spiro atoms. The highest BCUT2D eigenvalue weighted by atomic mass is 16.5. The van der Waals surface area contributed by atoms with Gasteiger partial charge < -0.3 is 9.30 Å². The fraction of sp³-hybridized carbons (Fsp3) is 0.516. The molecule has 7 nitrogen and oxygen atoms in total. The van der Waals surface area contributed by atoms with Crippen LogP contribution in [-0.2, 0) is 17.8 Å². The van der Waals surface area contributed by atoms with Crippen molar-refractivity contribution in [2.24, 2.45) is 5.92 Å². The van der Waals surface area contributed by atoms with Crippen molar-refractivity contribution in [2.75, 3.05) is 33.4 Å². The monoisotopic (exact) mass is 513 g/mol. The number of likely N-dealkylation sites (tertiary alicyclic amines) is 1. The average molecular weight is 514 g/mol. The third kappa shape index (κ3) is 5.54. The number of piperidine rings is 1. The Bertz CT molecular complexity index is 1310. The zero-order valence-electron chi connectivity index (χ0n) is 22.9. The molecule has 1 aromatic carbocycles. The number of aldehydes is 1. The quantitative estimate of drug-likeness (QED) is 0.336. The molecule has 0 aliphatic carbocycles. The Morgan fingerprint density at radius 3 is 2.66 bits per heavy atom. The second-order valence-corrected chi connectivity index (χ2v) is 11.1. The van der Waals surface area contributed by atoms with E-state index in [0.29, 0.717) is 25.3 Å². The predicted octanol–water partition coefficient (Wildman–Crippen LogP) is 5.44. The van der Waals surface area contributed by atoms with Gasteiger partial charge >= 0.3 is 0 Å². The van der Waals surface area contributed by atoms with Gasteiger partial charge in [0.05, 0.1) is 31.0 Å². The fourth-order valence-corrected chi connectivity index (χ4v) is 5.69. The Balaban J connectivity index is 1.51. The number of pyridine rings is 1. The fourth-order valence-electron chi connectivity index (χ4n) is 5.69. The first-order valence-electron chi connectivity index (χ1n) is 14.0. The van der Waals surface area contributed by atoms with E-state index in [4.69, 9.17) is 9.72 Å². The molecule has 0 amide bonds. The van der Waals surface area contributed by atoms with E-state index in [9.17, 15) is 10.1 Å². The van der Waals surface area contributed by atoms with Crippen LogP contribution in [0.3, 0.4) is 0 Å². The molecular formula is C31H39N5O2. The molecule has 3 aromatic rings. The van der Waals surface area contributed by atoms with Gasteiger partial charge in [0.25, 0.3) is 0 Å². The molecule has 4 heterocycles. The second kappa shape index (κ2) is 11.8. The summed E-state index contributed by atoms with van der Waals surface area (Å²) in [7, 11) is 2.13. The predicted molar refractivity (Wildman–Crippen MR) is 150 cm³/mol. The van der Waals surface area contributed by atoms with Crippen molar-refractivity contribution in [1.29, 1.82) is 5.26 Å². The van der Waals surface area contributed by atoms with Gasteiger partial charge in [-0.25, -0.2) is 4.98 Å². The lowest BCUT2D eigenvalue weighted by molar-refractivity contribution is -0.0216. The summed E-state index contributed by atoms with van der Waals surface area (Å²) in [6.45, 7) is 9.32. The molecule has 2 aliphatic rings. The van der Waals surface area contributed by atoms with Gasteiger partial charge in [0.1, 0.15) is 11.9 Å². The summed E-state index contributed by atoms with van der Waals surface area (Å²) in [6.07, 6.45) is 7.23. The number of rotatable bonds is 10. The Hall–Kier alpha value is -3.05. The van der Waals surface area contributed by atoms with Gasteiger partial charge in [-0.15, -0.1) is 0 Å². The van der Waals surface area contributed by atoms with E-state index >= 15 is 0 Å². The van der Waals surface area contributed by atoms with Crippen LogP contribution in [0.15, 0.2) is 36.5 Å². The van der Waals surface area contributed by atoms with Crippen molar-refractivity contribution in [1.82, 2.24) is 19.4 Å². The molecule has 2 saturated heterocycles. The van der Waals surface area contributed by atoms with Gasteiger partial charge in [-0.1, -0.05) is 25.5 Å². The number of carbonyl (C=O) groups excluding carboxylic acids is 1. The van der Waals surface area contributed by atoms with E-state index in [1.165, 1.54) is 10.9 Å². The van der Waals surface area contributed by atoms with Crippen LogP contribution in [0.4, 0.5) is 0 Å². The summed E-state index contributed by atoms with van der Waals surface area (Å²) < 4.78 is 7.75. The van der Waals surface area contributed by atoms with E-state index in [2.05, 4.69) is 65.7 Å². The number of nitrogens with zero attached hydrogens (tertiary/aromatic N) is 5. The minimum Gasteiger partial charge on any atom is -0.377 e. The van der Waals surface area contributed by atoms with Crippen molar-refractivity contribution < 1.29 is 9.53 Å². The number of hydrogen-bond acceptors (Lipinski definition) is 6. The van der Waals surface area contributed by atoms with Gasteiger partial charge in [0, 0.05) is 47.8 Å². The molecular weight excluding hydrogens is 474 g/mol. The SMILES string of the molecule is CCCC(C)N(C)Cc1cc(-c2cc(CN3CCC(C#N)CC3)c3ccn(C4COC4)c3n2)ccc1C=O. The number of nitriles is 1. The minimum atomic E-state index is 0.173. The highest BCUT2D eigenvalue weighted by Crippen LogP contribution is 2.32. The third-order valence-corrected chi connectivity index (χ3v) is 8.39. The topological polar surface area (TPSA) is 74.4 Å². The minimum absolute atomic E-state index is 0.173. The van der Waals surface area contributed by atoms with Crippen molar-refractivity contribution in [3.05, 3.63) is 53.2 Å². The van der Waals surface area contributed by atoms with Crippen molar-refractivity contribution in [2.45, 2.75) is 64.7 Å². The van der Waals surface area contributed by atoms with Crippen LogP contribution in [-0.4, -0.2) is 65.0 Å². The van der Waals surface area contributed by atoms with Crippen LogP contribution in [0.25, 0.3) is 22.3 Å². The molecule has 0 N–H and O–H groups in total. The molecule has 2 aromatic heterocycles. The molecule has 0 saturated carbocycles. The van der Waals surface area contributed by atoms with Crippen molar-refractivity contribution in [3.63, 3.8) is 0 Å². The Morgan fingerprint density at radius 2 is 2.00 bits per heavy atom. The Labute approximate surface area is 226 Å². The highest BCUT2D eigenvalue weighted by molar-refractivity contribution is 5.85. The van der Waals surface area contributed by atoms with E-state index in [1.807, 2.05) is 12.1 Å². The summed E-state index contributed by atoms with van der Waals surface area (Å²) in [5, 5.41) is 10.5. The van der Waals surface area contributed by atoms with Gasteiger partial charge in [0.15, 0.2) is 0 Å². The lowest BCUT2D eigenvalue weighted by Crippen LogP contribution is -2.33. The largest absolute Gasteiger partial charge is 0.377 e. The third-order valence-electron chi connectivity index (χ3n) is 8.39. The molecule has 7 heteroatoms. The van der Waals surface area contributed by atoms with E-state index in [-0.39, 0.29) is 5.92 Å². The average Bonchev–Trinajstić information content (AvgIpc) is 3.32. The van der Waals surface area contributed by atoms with Gasteiger partial charge in [-0.3, -0.25) is 14.6 Å². The molecule has 1 unspecified atom stereocenters. The number of benzene rings is 1. The number of aromatic nitrogens is 2. The van der Waals surface area contributed by atoms with Gasteiger partial charge in [-0.2, -0.15) is 5.26 Å². The first kappa shape index (κ1) is 26.6. The van der Waals surface area contributed by atoms with Crippen LogP contribution in [0.1, 0.15) is 67.1 Å². The van der Waals surface area contributed by atoms with Crippen LogP contribution in [0.2, 0.25) is 0 Å². The highest BCUT2D eigenvalue weighted by Gasteiger charge is 2.25. The summed E-state index contributed by atoms with van der Waals surface area (Å²) in [5.41, 5.74) is 5.99. The number of fused-ring (bicyclic) bond motifs is 1. The number of ether oxygens (including phenoxy) is 1. The Kier molecular flexibility index (Phi) is 8.23. The lowest BCUT2D eigenvalue weighted by atomic mass is 9.97. The van der Waals surface area contributed by atoms with Crippen LogP contribution in [0, 0.1) is 17.2 Å². The van der Waals surface area contributed by atoms with E-state index in [0.717, 1.165) is 86.2 Å². The van der Waals surface area contributed by atoms with Crippen molar-refractivity contribution >= 4 is 17.3 Å². The van der Waals surface area contributed by atoms with E-state index < -0.39 is 0 Å². The smallest absolute Gasteiger partial charge is 0.150 e. The molecule has 200 valence electrons. The molecule has 0 radical (unpaired) electrons. The zero-order valence-corrected chi connectivity index (χ0v) is 22.9. The molecule has 2 aliphatic heterocycles. The van der Waals surface area contributed by atoms with Gasteiger partial charge in [-0.05, 0) is 75.6 Å². The summed E-state index contributed by atoms with van der Waals surface area (Å²) in [5.74, 6) is 0.173. The normalized spacial score (nSPS) is 18.0. The van der Waals surface area contributed by atoms with Crippen LogP contribution >= 0.6 is 0 Å². The summed E-state index contributed by atoms with van der Waals surface area (Å²) in [6, 6.07) is 13.7. The van der Waals surface area contributed by atoms with Crippen molar-refractivity contribution in [3.8, 4) is 17.3 Å². The molecule has 0 bridgehead atoms. The molecule has 2 fully saturated rings. The van der Waals surface area contributed by atoms with Crippen LogP contribution < -0.4 is 0 Å². The van der Waals surface area contributed by atoms with Crippen LogP contribution in [0.5, 0.6) is 0 Å². The first-order valence-corrected chi connectivity index (χ1v) is 14.0. The zero-order chi connectivity index (χ0) is 26.6. The second-order valence-electron chi connectivity index (χ2n) is 11.1. The number of carbonyl (C=O) groups is 1. The maximum atomic E-state index is 11.9. The molecule has 5 rings (SSSR count). The molecule has 1 atom stereocenters. The lowest BCUT2D eigenvalue weighted by Gasteiger charge is -2.30.